The van der Waals surface area contributed by atoms with E-state index < -0.39 is 0 Å². The molecule has 3 rings (SSSR count). The summed E-state index contributed by atoms with van der Waals surface area (Å²) in [5, 5.41) is 2.79. The van der Waals surface area contributed by atoms with Gasteiger partial charge in [0.2, 0.25) is 0 Å². The normalized spacial score (nSPS) is 10.8. The average Bonchev–Trinajstić information content (AvgIpc) is 2.76. The highest BCUT2D eigenvalue weighted by Crippen LogP contribution is 2.16. The lowest BCUT2D eigenvalue weighted by molar-refractivity contribution is 0.102. The third kappa shape index (κ3) is 2.67. The summed E-state index contributed by atoms with van der Waals surface area (Å²) in [7, 11) is 0. The molecule has 1 N–H and O–H groups in total. The molecule has 3 aromatic heterocycles. The maximum absolute atomic E-state index is 12.5. The SMILES string of the molecule is Cc1ccc2nc(C)c(C(=O)Nc3ccc(Br)cn3)n2c1. The smallest absolute Gasteiger partial charge is 0.275 e. The van der Waals surface area contributed by atoms with Crippen molar-refractivity contribution in [2.75, 3.05) is 5.32 Å². The number of amides is 1. The van der Waals surface area contributed by atoms with Gasteiger partial charge in [-0.2, -0.15) is 0 Å². The number of carbonyl (C=O) groups is 1. The van der Waals surface area contributed by atoms with Crippen LogP contribution >= 0.6 is 15.9 Å². The van der Waals surface area contributed by atoms with Crippen molar-refractivity contribution in [1.29, 1.82) is 0 Å². The Labute approximate surface area is 130 Å². The monoisotopic (exact) mass is 344 g/mol. The van der Waals surface area contributed by atoms with Crippen molar-refractivity contribution in [2.24, 2.45) is 0 Å². The summed E-state index contributed by atoms with van der Waals surface area (Å²) in [4.78, 5) is 21.0. The van der Waals surface area contributed by atoms with Crippen molar-refractivity contribution in [3.63, 3.8) is 0 Å². The van der Waals surface area contributed by atoms with E-state index in [-0.39, 0.29) is 5.91 Å². The Bertz CT molecular complexity index is 824. The van der Waals surface area contributed by atoms with Crippen LogP contribution in [0, 0.1) is 13.8 Å². The second-order valence-electron chi connectivity index (χ2n) is 4.80. The Morgan fingerprint density at radius 1 is 1.24 bits per heavy atom. The molecule has 21 heavy (non-hydrogen) atoms. The number of carbonyl (C=O) groups excluding carboxylic acids is 1. The van der Waals surface area contributed by atoms with Crippen molar-refractivity contribution < 1.29 is 4.79 Å². The van der Waals surface area contributed by atoms with E-state index in [4.69, 9.17) is 0 Å². The molecule has 3 aromatic rings. The summed E-state index contributed by atoms with van der Waals surface area (Å²) < 4.78 is 2.67. The zero-order chi connectivity index (χ0) is 15.0. The molecule has 0 saturated heterocycles. The number of anilines is 1. The van der Waals surface area contributed by atoms with Crippen LogP contribution in [0.15, 0.2) is 41.1 Å². The first-order valence-corrected chi connectivity index (χ1v) is 7.22. The van der Waals surface area contributed by atoms with Gasteiger partial charge in [0.25, 0.3) is 5.91 Å². The Morgan fingerprint density at radius 2 is 2.05 bits per heavy atom. The van der Waals surface area contributed by atoms with Crippen LogP contribution in [-0.4, -0.2) is 20.3 Å². The second-order valence-corrected chi connectivity index (χ2v) is 5.71. The fourth-order valence-electron chi connectivity index (χ4n) is 2.17. The zero-order valence-electron chi connectivity index (χ0n) is 11.6. The minimum absolute atomic E-state index is 0.222. The molecule has 0 aromatic carbocycles. The van der Waals surface area contributed by atoms with Crippen LogP contribution in [0.2, 0.25) is 0 Å². The number of fused-ring (bicyclic) bond motifs is 1. The van der Waals surface area contributed by atoms with E-state index >= 15 is 0 Å². The van der Waals surface area contributed by atoms with Crippen LogP contribution in [-0.2, 0) is 0 Å². The van der Waals surface area contributed by atoms with Crippen molar-refractivity contribution >= 4 is 33.3 Å². The van der Waals surface area contributed by atoms with E-state index in [1.165, 1.54) is 0 Å². The van der Waals surface area contributed by atoms with Gasteiger partial charge >= 0.3 is 0 Å². The first-order chi connectivity index (χ1) is 10.0. The van der Waals surface area contributed by atoms with Gasteiger partial charge < -0.3 is 5.32 Å². The summed E-state index contributed by atoms with van der Waals surface area (Å²) in [5.41, 5.74) is 3.04. The predicted molar refractivity (Wildman–Crippen MR) is 84.6 cm³/mol. The largest absolute Gasteiger partial charge is 0.305 e. The fourth-order valence-corrected chi connectivity index (χ4v) is 2.40. The molecular formula is C15H13BrN4O. The highest BCUT2D eigenvalue weighted by Gasteiger charge is 2.17. The first kappa shape index (κ1) is 13.8. The summed E-state index contributed by atoms with van der Waals surface area (Å²) in [6.45, 7) is 3.80. The molecule has 1 amide bonds. The fraction of sp³-hybridized carbons (Fsp3) is 0.133. The molecule has 6 heteroatoms. The molecule has 3 heterocycles. The zero-order valence-corrected chi connectivity index (χ0v) is 13.2. The molecular weight excluding hydrogens is 332 g/mol. The molecule has 0 atom stereocenters. The number of pyridine rings is 2. The third-order valence-electron chi connectivity index (χ3n) is 3.12. The van der Waals surface area contributed by atoms with Gasteiger partial charge in [0, 0.05) is 16.9 Å². The number of halogens is 1. The van der Waals surface area contributed by atoms with Gasteiger partial charge in [0.05, 0.1) is 5.69 Å². The van der Waals surface area contributed by atoms with Gasteiger partial charge in [-0.25, -0.2) is 9.97 Å². The summed E-state index contributed by atoms with van der Waals surface area (Å²) in [6.07, 6.45) is 3.54. The average molecular weight is 345 g/mol. The topological polar surface area (TPSA) is 59.3 Å². The molecule has 0 unspecified atom stereocenters. The highest BCUT2D eigenvalue weighted by atomic mass is 79.9. The second kappa shape index (κ2) is 5.29. The molecule has 0 aliphatic heterocycles. The maximum atomic E-state index is 12.5. The quantitative estimate of drug-likeness (QED) is 0.775. The number of aryl methyl sites for hydroxylation is 2. The molecule has 0 spiro atoms. The molecule has 0 fully saturated rings. The van der Waals surface area contributed by atoms with Gasteiger partial charge in [-0.3, -0.25) is 9.20 Å². The summed E-state index contributed by atoms with van der Waals surface area (Å²) in [6, 6.07) is 7.44. The van der Waals surface area contributed by atoms with Crippen LogP contribution in [0.4, 0.5) is 5.82 Å². The van der Waals surface area contributed by atoms with Crippen LogP contribution in [0.25, 0.3) is 5.65 Å². The van der Waals surface area contributed by atoms with E-state index in [9.17, 15) is 4.79 Å². The van der Waals surface area contributed by atoms with E-state index in [2.05, 4.69) is 31.2 Å². The number of aromatic nitrogens is 3. The molecule has 0 aliphatic rings. The van der Waals surface area contributed by atoms with E-state index in [1.54, 1.807) is 16.7 Å². The van der Waals surface area contributed by atoms with Crippen LogP contribution in [0.1, 0.15) is 21.7 Å². The predicted octanol–water partition coefficient (Wildman–Crippen LogP) is 3.36. The van der Waals surface area contributed by atoms with Crippen LogP contribution < -0.4 is 5.32 Å². The lowest BCUT2D eigenvalue weighted by atomic mass is 10.3. The first-order valence-electron chi connectivity index (χ1n) is 6.43. The number of rotatable bonds is 2. The molecule has 106 valence electrons. The minimum atomic E-state index is -0.222. The molecule has 5 nitrogen and oxygen atoms in total. The van der Waals surface area contributed by atoms with Crippen LogP contribution in [0.5, 0.6) is 0 Å². The van der Waals surface area contributed by atoms with Gasteiger partial charge in [-0.05, 0) is 53.5 Å². The van der Waals surface area contributed by atoms with Gasteiger partial charge in [0.15, 0.2) is 0 Å². The standard InChI is InChI=1S/C15H13BrN4O/c1-9-3-6-13-18-10(2)14(20(13)8-9)15(21)19-12-5-4-11(16)7-17-12/h3-8H,1-2H3,(H,17,19,21). The maximum Gasteiger partial charge on any atom is 0.275 e. The lowest BCUT2D eigenvalue weighted by Gasteiger charge is -2.06. The van der Waals surface area contributed by atoms with Crippen molar-refractivity contribution in [1.82, 2.24) is 14.4 Å². The van der Waals surface area contributed by atoms with Gasteiger partial charge in [-0.1, -0.05) is 6.07 Å². The summed E-state index contributed by atoms with van der Waals surface area (Å²) in [5.74, 6) is 0.283. The Morgan fingerprint density at radius 3 is 2.76 bits per heavy atom. The highest BCUT2D eigenvalue weighted by molar-refractivity contribution is 9.10. The van der Waals surface area contributed by atoms with E-state index in [0.717, 1.165) is 15.7 Å². The van der Waals surface area contributed by atoms with E-state index in [0.29, 0.717) is 17.2 Å². The third-order valence-corrected chi connectivity index (χ3v) is 3.59. The molecule has 0 saturated carbocycles. The van der Waals surface area contributed by atoms with E-state index in [1.807, 2.05) is 38.2 Å². The molecule has 0 aliphatic carbocycles. The Hall–Kier alpha value is -2.21. The number of nitrogens with one attached hydrogen (secondary N) is 1. The minimum Gasteiger partial charge on any atom is -0.305 e. The number of hydrogen-bond acceptors (Lipinski definition) is 3. The van der Waals surface area contributed by atoms with Gasteiger partial charge in [-0.15, -0.1) is 0 Å². The van der Waals surface area contributed by atoms with Crippen molar-refractivity contribution in [2.45, 2.75) is 13.8 Å². The summed E-state index contributed by atoms with van der Waals surface area (Å²) >= 11 is 3.31. The number of hydrogen-bond donors (Lipinski definition) is 1. The van der Waals surface area contributed by atoms with Crippen molar-refractivity contribution in [3.05, 3.63) is 58.1 Å². The lowest BCUT2D eigenvalue weighted by Crippen LogP contribution is -2.16. The Balaban J connectivity index is 1.99. The van der Waals surface area contributed by atoms with Crippen LogP contribution in [0.3, 0.4) is 0 Å². The Kier molecular flexibility index (Phi) is 3.47. The van der Waals surface area contributed by atoms with Crippen molar-refractivity contribution in [3.8, 4) is 0 Å². The number of imidazole rings is 1. The van der Waals surface area contributed by atoms with Gasteiger partial charge in [0.1, 0.15) is 17.2 Å². The molecule has 0 bridgehead atoms. The molecule has 0 radical (unpaired) electrons. The number of nitrogens with zero attached hydrogens (tertiary/aromatic N) is 3.